The van der Waals surface area contributed by atoms with Gasteiger partial charge in [0.2, 0.25) is 0 Å². The second kappa shape index (κ2) is 5.23. The van der Waals surface area contributed by atoms with Crippen LogP contribution in [0, 0.1) is 0 Å². The molecule has 1 N–H and O–H groups in total. The summed E-state index contributed by atoms with van der Waals surface area (Å²) in [6.07, 6.45) is 1.79. The zero-order valence-electron chi connectivity index (χ0n) is 9.77. The number of hydrogen-bond acceptors (Lipinski definition) is 3. The number of aryl methyl sites for hydroxylation is 1. The fourth-order valence-corrected chi connectivity index (χ4v) is 1.94. The van der Waals surface area contributed by atoms with Crippen molar-refractivity contribution < 1.29 is 4.74 Å². The first-order chi connectivity index (χ1) is 8.20. The lowest BCUT2D eigenvalue weighted by Crippen LogP contribution is -2.06. The summed E-state index contributed by atoms with van der Waals surface area (Å²) in [7, 11) is 3.59. The standard InChI is InChI=1S/C12H14BrN3O/c1-16-10(5-6-15-16)8-14-11-7-9(13)3-4-12(11)17-2/h3-7,14H,8H2,1-2H3. The monoisotopic (exact) mass is 295 g/mol. The minimum absolute atomic E-state index is 0.712. The number of anilines is 1. The summed E-state index contributed by atoms with van der Waals surface area (Å²) in [4.78, 5) is 0. The van der Waals surface area contributed by atoms with Gasteiger partial charge in [0.15, 0.2) is 0 Å². The summed E-state index contributed by atoms with van der Waals surface area (Å²) >= 11 is 3.45. The summed E-state index contributed by atoms with van der Waals surface area (Å²) in [5.41, 5.74) is 2.08. The van der Waals surface area contributed by atoms with Crippen LogP contribution < -0.4 is 10.1 Å². The van der Waals surface area contributed by atoms with Crippen LogP contribution in [0.3, 0.4) is 0 Å². The summed E-state index contributed by atoms with van der Waals surface area (Å²) in [6, 6.07) is 7.86. The van der Waals surface area contributed by atoms with Gasteiger partial charge in [-0.25, -0.2) is 0 Å². The molecule has 0 bridgehead atoms. The van der Waals surface area contributed by atoms with Gasteiger partial charge in [0.05, 0.1) is 25.0 Å². The van der Waals surface area contributed by atoms with Crippen molar-refractivity contribution in [3.05, 3.63) is 40.6 Å². The van der Waals surface area contributed by atoms with E-state index in [-0.39, 0.29) is 0 Å². The van der Waals surface area contributed by atoms with Gasteiger partial charge in [0, 0.05) is 17.7 Å². The van der Waals surface area contributed by atoms with E-state index in [1.807, 2.05) is 36.0 Å². The number of nitrogens with zero attached hydrogens (tertiary/aromatic N) is 2. The third-order valence-electron chi connectivity index (χ3n) is 2.54. The molecule has 0 saturated heterocycles. The average Bonchev–Trinajstić information content (AvgIpc) is 2.72. The molecule has 0 atom stereocenters. The zero-order chi connectivity index (χ0) is 12.3. The van der Waals surface area contributed by atoms with E-state index in [4.69, 9.17) is 4.74 Å². The van der Waals surface area contributed by atoms with Gasteiger partial charge in [0.25, 0.3) is 0 Å². The molecule has 90 valence electrons. The van der Waals surface area contributed by atoms with Crippen LogP contribution in [-0.2, 0) is 13.6 Å². The van der Waals surface area contributed by atoms with Gasteiger partial charge in [-0.3, -0.25) is 4.68 Å². The van der Waals surface area contributed by atoms with Crippen molar-refractivity contribution in [1.29, 1.82) is 0 Å². The lowest BCUT2D eigenvalue weighted by Gasteiger charge is -2.11. The van der Waals surface area contributed by atoms with E-state index in [9.17, 15) is 0 Å². The molecule has 0 aliphatic rings. The fourth-order valence-electron chi connectivity index (χ4n) is 1.58. The highest BCUT2D eigenvalue weighted by molar-refractivity contribution is 9.10. The molecule has 4 nitrogen and oxygen atoms in total. The van der Waals surface area contributed by atoms with Crippen molar-refractivity contribution in [2.24, 2.45) is 7.05 Å². The Kier molecular flexibility index (Phi) is 3.68. The van der Waals surface area contributed by atoms with Crippen LogP contribution in [0.15, 0.2) is 34.9 Å². The van der Waals surface area contributed by atoms with Crippen molar-refractivity contribution in [1.82, 2.24) is 9.78 Å². The Morgan fingerprint density at radius 2 is 2.24 bits per heavy atom. The molecule has 0 aliphatic heterocycles. The maximum Gasteiger partial charge on any atom is 0.142 e. The second-order valence-electron chi connectivity index (χ2n) is 3.64. The molecule has 0 unspecified atom stereocenters. The smallest absolute Gasteiger partial charge is 0.142 e. The first-order valence-electron chi connectivity index (χ1n) is 5.25. The lowest BCUT2D eigenvalue weighted by atomic mass is 10.3. The predicted molar refractivity (Wildman–Crippen MR) is 71.2 cm³/mol. The number of nitrogens with one attached hydrogen (secondary N) is 1. The molecule has 0 saturated carbocycles. The number of ether oxygens (including phenoxy) is 1. The molecule has 1 aromatic heterocycles. The number of methoxy groups -OCH3 is 1. The Labute approximate surface area is 109 Å². The van der Waals surface area contributed by atoms with Gasteiger partial charge in [-0.2, -0.15) is 5.10 Å². The molecule has 17 heavy (non-hydrogen) atoms. The topological polar surface area (TPSA) is 39.1 Å². The van der Waals surface area contributed by atoms with Crippen molar-refractivity contribution in [3.63, 3.8) is 0 Å². The van der Waals surface area contributed by atoms with Crippen LogP contribution in [-0.4, -0.2) is 16.9 Å². The van der Waals surface area contributed by atoms with Crippen LogP contribution in [0.2, 0.25) is 0 Å². The highest BCUT2D eigenvalue weighted by Gasteiger charge is 2.04. The molecule has 1 aromatic carbocycles. The van der Waals surface area contributed by atoms with E-state index in [1.165, 1.54) is 0 Å². The van der Waals surface area contributed by atoms with E-state index in [1.54, 1.807) is 13.3 Å². The molecule has 0 spiro atoms. The average molecular weight is 296 g/mol. The second-order valence-corrected chi connectivity index (χ2v) is 4.56. The van der Waals surface area contributed by atoms with Crippen LogP contribution in [0.5, 0.6) is 5.75 Å². The van der Waals surface area contributed by atoms with Crippen molar-refractivity contribution in [3.8, 4) is 5.75 Å². The van der Waals surface area contributed by atoms with Gasteiger partial charge in [-0.05, 0) is 24.3 Å². The Bertz CT molecular complexity index is 510. The minimum Gasteiger partial charge on any atom is -0.495 e. The van der Waals surface area contributed by atoms with E-state index >= 15 is 0 Å². The molecule has 0 radical (unpaired) electrons. The highest BCUT2D eigenvalue weighted by atomic mass is 79.9. The predicted octanol–water partition coefficient (Wildman–Crippen LogP) is 2.80. The zero-order valence-corrected chi connectivity index (χ0v) is 11.4. The Balaban J connectivity index is 2.13. The van der Waals surface area contributed by atoms with Crippen LogP contribution in [0.1, 0.15) is 5.69 Å². The van der Waals surface area contributed by atoms with Crippen molar-refractivity contribution >= 4 is 21.6 Å². The molecule has 1 heterocycles. The number of halogens is 1. The van der Waals surface area contributed by atoms with Crippen LogP contribution in [0.4, 0.5) is 5.69 Å². The Hall–Kier alpha value is -1.49. The first-order valence-corrected chi connectivity index (χ1v) is 6.04. The Morgan fingerprint density at radius 3 is 2.88 bits per heavy atom. The molecule has 0 aliphatic carbocycles. The number of aromatic nitrogens is 2. The number of hydrogen-bond donors (Lipinski definition) is 1. The van der Waals surface area contributed by atoms with E-state index in [2.05, 4.69) is 26.3 Å². The molecule has 2 aromatic rings. The minimum atomic E-state index is 0.712. The maximum absolute atomic E-state index is 5.29. The maximum atomic E-state index is 5.29. The molecular formula is C12H14BrN3O. The quantitative estimate of drug-likeness (QED) is 0.943. The van der Waals surface area contributed by atoms with Crippen molar-refractivity contribution in [2.75, 3.05) is 12.4 Å². The molecule has 5 heteroatoms. The van der Waals surface area contributed by atoms with Gasteiger partial charge in [-0.15, -0.1) is 0 Å². The summed E-state index contributed by atoms with van der Waals surface area (Å²) < 4.78 is 8.16. The molecule has 2 rings (SSSR count). The first kappa shape index (κ1) is 12.0. The highest BCUT2D eigenvalue weighted by Crippen LogP contribution is 2.28. The van der Waals surface area contributed by atoms with Crippen LogP contribution in [0.25, 0.3) is 0 Å². The SMILES string of the molecule is COc1ccc(Br)cc1NCc1ccnn1C. The van der Waals surface area contributed by atoms with E-state index < -0.39 is 0 Å². The third-order valence-corrected chi connectivity index (χ3v) is 3.04. The molecule has 0 amide bonds. The van der Waals surface area contributed by atoms with E-state index in [0.29, 0.717) is 6.54 Å². The van der Waals surface area contributed by atoms with Crippen LogP contribution >= 0.6 is 15.9 Å². The number of benzene rings is 1. The summed E-state index contributed by atoms with van der Waals surface area (Å²) in [6.45, 7) is 0.712. The number of rotatable bonds is 4. The molecular weight excluding hydrogens is 282 g/mol. The Morgan fingerprint density at radius 1 is 1.41 bits per heavy atom. The third kappa shape index (κ3) is 2.79. The largest absolute Gasteiger partial charge is 0.495 e. The summed E-state index contributed by atoms with van der Waals surface area (Å²) in [5.74, 6) is 0.829. The van der Waals surface area contributed by atoms with E-state index in [0.717, 1.165) is 21.6 Å². The van der Waals surface area contributed by atoms with Gasteiger partial charge < -0.3 is 10.1 Å². The van der Waals surface area contributed by atoms with Gasteiger partial charge in [-0.1, -0.05) is 15.9 Å². The van der Waals surface area contributed by atoms with Gasteiger partial charge in [0.1, 0.15) is 5.75 Å². The lowest BCUT2D eigenvalue weighted by molar-refractivity contribution is 0.416. The normalized spacial score (nSPS) is 10.3. The summed E-state index contributed by atoms with van der Waals surface area (Å²) in [5, 5.41) is 7.46. The fraction of sp³-hybridized carbons (Fsp3) is 0.250. The molecule has 0 fully saturated rings. The van der Waals surface area contributed by atoms with Crippen molar-refractivity contribution in [2.45, 2.75) is 6.54 Å². The van der Waals surface area contributed by atoms with Gasteiger partial charge >= 0.3 is 0 Å².